The van der Waals surface area contributed by atoms with Crippen LogP contribution in [0.3, 0.4) is 0 Å². The standard InChI is InChI=1S/C26H26FN3O3/c1-16(31)26-20-9-5-6-10-22(20)30(28-26)15-25(33)29-14-19(27)13-23(29)24(32)12-18-11-21(18)17-7-3-2-4-8-17/h2-10,18-19,21,23H,11-15H2,1H3/t18-,19+,21-,23-/m0/s1. The number of carbonyl (C=O) groups excluding carboxylic acids is 3. The van der Waals surface area contributed by atoms with Gasteiger partial charge in [0.25, 0.3) is 0 Å². The van der Waals surface area contributed by atoms with Crippen molar-refractivity contribution < 1.29 is 18.8 Å². The van der Waals surface area contributed by atoms with Gasteiger partial charge in [-0.25, -0.2) is 4.39 Å². The van der Waals surface area contributed by atoms with Crippen molar-refractivity contribution in [2.45, 2.75) is 50.9 Å². The topological polar surface area (TPSA) is 72.3 Å². The molecule has 5 rings (SSSR count). The van der Waals surface area contributed by atoms with Crippen molar-refractivity contribution in [2.24, 2.45) is 5.92 Å². The number of Topliss-reactive ketones (excluding diaryl/α,β-unsaturated/α-hetero) is 2. The zero-order valence-corrected chi connectivity index (χ0v) is 18.5. The predicted molar refractivity (Wildman–Crippen MR) is 122 cm³/mol. The van der Waals surface area contributed by atoms with Crippen molar-refractivity contribution in [1.82, 2.24) is 14.7 Å². The van der Waals surface area contributed by atoms with E-state index in [1.807, 2.05) is 30.3 Å². The number of para-hydroxylation sites is 1. The highest BCUT2D eigenvalue weighted by atomic mass is 19.1. The molecule has 170 valence electrons. The summed E-state index contributed by atoms with van der Waals surface area (Å²) in [6.45, 7) is 1.21. The van der Waals surface area contributed by atoms with Crippen LogP contribution in [0, 0.1) is 5.92 Å². The van der Waals surface area contributed by atoms with Crippen molar-refractivity contribution in [3.63, 3.8) is 0 Å². The van der Waals surface area contributed by atoms with Crippen molar-refractivity contribution in [3.8, 4) is 0 Å². The van der Waals surface area contributed by atoms with Crippen LogP contribution in [0.2, 0.25) is 0 Å². The van der Waals surface area contributed by atoms with Crippen molar-refractivity contribution >= 4 is 28.4 Å². The number of hydrogen-bond donors (Lipinski definition) is 0. The van der Waals surface area contributed by atoms with E-state index in [4.69, 9.17) is 0 Å². The summed E-state index contributed by atoms with van der Waals surface area (Å²) in [5, 5.41) is 5.01. The smallest absolute Gasteiger partial charge is 0.245 e. The third-order valence-corrected chi connectivity index (χ3v) is 6.83. The molecular formula is C26H26FN3O3. The predicted octanol–water partition coefficient (Wildman–Crippen LogP) is 3.94. The van der Waals surface area contributed by atoms with Crippen LogP contribution in [0.25, 0.3) is 10.9 Å². The van der Waals surface area contributed by atoms with E-state index in [1.54, 1.807) is 12.1 Å². The van der Waals surface area contributed by atoms with Crippen LogP contribution in [0.5, 0.6) is 0 Å². The Kier molecular flexibility index (Phi) is 5.56. The van der Waals surface area contributed by atoms with Gasteiger partial charge in [-0.05, 0) is 29.9 Å². The normalized spacial score (nSPS) is 24.2. The molecule has 1 aliphatic carbocycles. The molecule has 1 aliphatic heterocycles. The van der Waals surface area contributed by atoms with Crippen LogP contribution >= 0.6 is 0 Å². The van der Waals surface area contributed by atoms with Gasteiger partial charge in [0, 0.05) is 25.2 Å². The number of rotatable bonds is 7. The van der Waals surface area contributed by atoms with E-state index in [2.05, 4.69) is 17.2 Å². The minimum Gasteiger partial charge on any atom is -0.328 e. The summed E-state index contributed by atoms with van der Waals surface area (Å²) in [4.78, 5) is 39.6. The first-order valence-electron chi connectivity index (χ1n) is 11.4. The molecule has 4 atom stereocenters. The van der Waals surface area contributed by atoms with Gasteiger partial charge >= 0.3 is 0 Å². The van der Waals surface area contributed by atoms with Gasteiger partial charge in [-0.3, -0.25) is 19.1 Å². The van der Waals surface area contributed by atoms with Gasteiger partial charge in [-0.1, -0.05) is 48.5 Å². The third kappa shape index (κ3) is 4.19. The van der Waals surface area contributed by atoms with E-state index in [-0.39, 0.29) is 42.9 Å². The van der Waals surface area contributed by atoms with Gasteiger partial charge in [0.05, 0.1) is 18.1 Å². The molecule has 0 radical (unpaired) electrons. The number of hydrogen-bond acceptors (Lipinski definition) is 4. The Morgan fingerprint density at radius 3 is 2.52 bits per heavy atom. The molecule has 0 spiro atoms. The number of benzene rings is 2. The first-order chi connectivity index (χ1) is 15.9. The number of alkyl halides is 1. The maximum absolute atomic E-state index is 14.3. The average molecular weight is 448 g/mol. The molecule has 1 aromatic heterocycles. The Labute approximate surface area is 191 Å². The second kappa shape index (κ2) is 8.54. The number of carbonyl (C=O) groups is 3. The second-order valence-corrected chi connectivity index (χ2v) is 9.16. The van der Waals surface area contributed by atoms with E-state index in [9.17, 15) is 18.8 Å². The molecule has 1 saturated carbocycles. The van der Waals surface area contributed by atoms with Crippen LogP contribution in [0.1, 0.15) is 48.2 Å². The zero-order valence-electron chi connectivity index (χ0n) is 18.5. The van der Waals surface area contributed by atoms with E-state index >= 15 is 0 Å². The summed E-state index contributed by atoms with van der Waals surface area (Å²) in [5.74, 6) is 0.00723. The summed E-state index contributed by atoms with van der Waals surface area (Å²) < 4.78 is 15.8. The Morgan fingerprint density at radius 2 is 1.76 bits per heavy atom. The van der Waals surface area contributed by atoms with Crippen LogP contribution in [-0.2, 0) is 16.1 Å². The summed E-state index contributed by atoms with van der Waals surface area (Å²) in [7, 11) is 0. The van der Waals surface area contributed by atoms with Crippen molar-refractivity contribution in [2.75, 3.05) is 6.54 Å². The highest BCUT2D eigenvalue weighted by Crippen LogP contribution is 2.50. The number of fused-ring (bicyclic) bond motifs is 1. The van der Waals surface area contributed by atoms with E-state index in [1.165, 1.54) is 22.1 Å². The van der Waals surface area contributed by atoms with Crippen molar-refractivity contribution in [3.05, 3.63) is 65.9 Å². The van der Waals surface area contributed by atoms with Crippen LogP contribution in [0.15, 0.2) is 54.6 Å². The fourth-order valence-corrected chi connectivity index (χ4v) is 5.07. The fourth-order valence-electron chi connectivity index (χ4n) is 5.07. The molecule has 6 nitrogen and oxygen atoms in total. The summed E-state index contributed by atoms with van der Waals surface area (Å²) in [6, 6.07) is 16.6. The highest BCUT2D eigenvalue weighted by molar-refractivity contribution is 6.05. The fraction of sp³-hybridized carbons (Fsp3) is 0.385. The maximum Gasteiger partial charge on any atom is 0.245 e. The van der Waals surface area contributed by atoms with Gasteiger partial charge in [-0.2, -0.15) is 5.10 Å². The lowest BCUT2D eigenvalue weighted by molar-refractivity contribution is -0.138. The average Bonchev–Trinajstić information content (AvgIpc) is 3.30. The Morgan fingerprint density at radius 1 is 1.03 bits per heavy atom. The monoisotopic (exact) mass is 447 g/mol. The molecule has 0 bridgehead atoms. The molecule has 1 saturated heterocycles. The third-order valence-electron chi connectivity index (χ3n) is 6.83. The minimum atomic E-state index is -1.21. The Hall–Kier alpha value is -3.35. The quantitative estimate of drug-likeness (QED) is 0.515. The molecule has 2 heterocycles. The van der Waals surface area contributed by atoms with E-state index in [0.29, 0.717) is 28.9 Å². The maximum atomic E-state index is 14.3. The summed E-state index contributed by atoms with van der Waals surface area (Å²) in [5.41, 5.74) is 2.19. The van der Waals surface area contributed by atoms with Crippen molar-refractivity contribution in [1.29, 1.82) is 0 Å². The molecule has 7 heteroatoms. The lowest BCUT2D eigenvalue weighted by atomic mass is 10.0. The molecule has 0 unspecified atom stereocenters. The SMILES string of the molecule is CC(=O)c1nn(CC(=O)N2C[C@H](F)C[C@H]2C(=O)C[C@@H]2C[C@H]2c2ccccc2)c2ccccc12. The lowest BCUT2D eigenvalue weighted by Crippen LogP contribution is -2.42. The number of ketones is 2. The molecule has 1 amide bonds. The number of amides is 1. The van der Waals surface area contributed by atoms with Gasteiger partial charge in [0.2, 0.25) is 5.91 Å². The molecule has 0 N–H and O–H groups in total. The molecule has 2 aromatic carbocycles. The van der Waals surface area contributed by atoms with Gasteiger partial charge in [-0.15, -0.1) is 0 Å². The molecular weight excluding hydrogens is 421 g/mol. The number of aromatic nitrogens is 2. The lowest BCUT2D eigenvalue weighted by Gasteiger charge is -2.23. The minimum absolute atomic E-state index is 0.0475. The Bertz CT molecular complexity index is 1220. The first kappa shape index (κ1) is 21.5. The summed E-state index contributed by atoms with van der Waals surface area (Å²) in [6.07, 6.45) is 0.142. The molecule has 3 aromatic rings. The molecule has 2 fully saturated rings. The largest absolute Gasteiger partial charge is 0.328 e. The number of halogens is 1. The molecule has 2 aliphatic rings. The van der Waals surface area contributed by atoms with Crippen LogP contribution in [-0.4, -0.2) is 50.9 Å². The highest BCUT2D eigenvalue weighted by Gasteiger charge is 2.44. The van der Waals surface area contributed by atoms with E-state index < -0.39 is 12.2 Å². The van der Waals surface area contributed by atoms with Gasteiger partial charge in [0.1, 0.15) is 18.4 Å². The first-order valence-corrected chi connectivity index (χ1v) is 11.4. The van der Waals surface area contributed by atoms with Gasteiger partial charge in [0.15, 0.2) is 11.6 Å². The number of likely N-dealkylation sites (tertiary alicyclic amines) is 1. The van der Waals surface area contributed by atoms with Gasteiger partial charge < -0.3 is 4.90 Å². The van der Waals surface area contributed by atoms with Crippen LogP contribution in [0.4, 0.5) is 4.39 Å². The number of nitrogens with zero attached hydrogens (tertiary/aromatic N) is 3. The zero-order chi connectivity index (χ0) is 23.1. The summed E-state index contributed by atoms with van der Waals surface area (Å²) >= 11 is 0. The van der Waals surface area contributed by atoms with E-state index in [0.717, 1.165) is 6.42 Å². The Balaban J connectivity index is 1.29. The molecule has 33 heavy (non-hydrogen) atoms. The van der Waals surface area contributed by atoms with Crippen LogP contribution < -0.4 is 0 Å². The second-order valence-electron chi connectivity index (χ2n) is 9.16.